The van der Waals surface area contributed by atoms with Gasteiger partial charge in [0.25, 0.3) is 0 Å². The summed E-state index contributed by atoms with van der Waals surface area (Å²) in [5, 5.41) is 6.82. The number of benzene rings is 2. The number of carbonyl (C=O) groups is 1. The highest BCUT2D eigenvalue weighted by Gasteiger charge is 2.35. The zero-order valence-electron chi connectivity index (χ0n) is 20.2. The number of aryl methyl sites for hydroxylation is 2. The molecule has 1 aliphatic heterocycles. The van der Waals surface area contributed by atoms with Crippen LogP contribution in [0.4, 0.5) is 4.39 Å². The Balaban J connectivity index is 1.34. The van der Waals surface area contributed by atoms with E-state index in [-0.39, 0.29) is 41.3 Å². The Morgan fingerprint density at radius 2 is 1.81 bits per heavy atom. The average Bonchev–Trinajstić information content (AvgIpc) is 3.27. The molecule has 0 aliphatic carbocycles. The summed E-state index contributed by atoms with van der Waals surface area (Å²) in [6, 6.07) is 16.3. The minimum atomic E-state index is -3.89. The molecule has 7 nitrogen and oxygen atoms in total. The topological polar surface area (TPSA) is 92.5 Å². The summed E-state index contributed by atoms with van der Waals surface area (Å²) >= 11 is 0. The summed E-state index contributed by atoms with van der Waals surface area (Å²) in [6.07, 6.45) is 5.50. The van der Waals surface area contributed by atoms with Crippen molar-refractivity contribution >= 4 is 28.1 Å². The van der Waals surface area contributed by atoms with Gasteiger partial charge in [-0.3, -0.25) is 4.79 Å². The van der Waals surface area contributed by atoms with Crippen molar-refractivity contribution in [2.45, 2.75) is 37.5 Å². The number of piperidine rings is 1. The first-order valence-corrected chi connectivity index (χ1v) is 13.5. The Kier molecular flexibility index (Phi) is 8.32. The SMILES string of the molecule is Cc1noc(/C=C/c2ccccc2F)c1S(=O)(=O)N1CCC(C(=O)NCCCc2ccccc2)CC1. The first kappa shape index (κ1) is 25.8. The molecule has 0 bridgehead atoms. The van der Waals surface area contributed by atoms with Crippen LogP contribution in [-0.2, 0) is 21.2 Å². The Morgan fingerprint density at radius 1 is 1.11 bits per heavy atom. The average molecular weight is 512 g/mol. The Hall–Kier alpha value is -3.30. The van der Waals surface area contributed by atoms with E-state index in [1.54, 1.807) is 25.1 Å². The van der Waals surface area contributed by atoms with Crippen LogP contribution in [0.3, 0.4) is 0 Å². The van der Waals surface area contributed by atoms with Crippen LogP contribution in [0.5, 0.6) is 0 Å². The highest BCUT2D eigenvalue weighted by Crippen LogP contribution is 2.29. The molecule has 0 unspecified atom stereocenters. The van der Waals surface area contributed by atoms with E-state index in [1.165, 1.54) is 28.1 Å². The standard InChI is InChI=1S/C27H30FN3O4S/c1-20-26(25(35-30-20)14-13-22-11-5-6-12-24(22)28)36(33,34)31-18-15-23(16-19-31)27(32)29-17-7-10-21-8-3-2-4-9-21/h2-6,8-9,11-14,23H,7,10,15-19H2,1H3,(H,29,32)/b14-13+. The first-order chi connectivity index (χ1) is 17.4. The number of nitrogens with zero attached hydrogens (tertiary/aromatic N) is 2. The van der Waals surface area contributed by atoms with Crippen LogP contribution in [-0.4, -0.2) is 43.4 Å². The van der Waals surface area contributed by atoms with Gasteiger partial charge < -0.3 is 9.84 Å². The summed E-state index contributed by atoms with van der Waals surface area (Å²) in [4.78, 5) is 12.6. The highest BCUT2D eigenvalue weighted by atomic mass is 32.2. The second-order valence-electron chi connectivity index (χ2n) is 8.87. The van der Waals surface area contributed by atoms with Gasteiger partial charge in [-0.2, -0.15) is 4.31 Å². The van der Waals surface area contributed by atoms with Gasteiger partial charge in [0.1, 0.15) is 11.5 Å². The Bertz CT molecular complexity index is 1310. The van der Waals surface area contributed by atoms with Crippen molar-refractivity contribution in [3.8, 4) is 0 Å². The summed E-state index contributed by atoms with van der Waals surface area (Å²) in [7, 11) is -3.89. The van der Waals surface area contributed by atoms with Gasteiger partial charge in [0.05, 0.1) is 0 Å². The molecule has 4 rings (SSSR count). The third-order valence-corrected chi connectivity index (χ3v) is 8.42. The van der Waals surface area contributed by atoms with E-state index in [2.05, 4.69) is 22.6 Å². The van der Waals surface area contributed by atoms with Gasteiger partial charge in [0, 0.05) is 31.1 Å². The number of halogens is 1. The zero-order chi connectivity index (χ0) is 25.5. The lowest BCUT2D eigenvalue weighted by molar-refractivity contribution is -0.126. The predicted molar refractivity (Wildman–Crippen MR) is 136 cm³/mol. The van der Waals surface area contributed by atoms with Crippen LogP contribution in [0.25, 0.3) is 12.2 Å². The van der Waals surface area contributed by atoms with Gasteiger partial charge in [-0.1, -0.05) is 53.7 Å². The van der Waals surface area contributed by atoms with Crippen LogP contribution in [0, 0.1) is 18.7 Å². The lowest BCUT2D eigenvalue weighted by Crippen LogP contribution is -2.43. The molecule has 2 heterocycles. The molecule has 2 aromatic carbocycles. The molecule has 9 heteroatoms. The van der Waals surface area contributed by atoms with Gasteiger partial charge in [0.15, 0.2) is 10.7 Å². The van der Waals surface area contributed by atoms with Crippen LogP contribution in [0.2, 0.25) is 0 Å². The quantitative estimate of drug-likeness (QED) is 0.429. The molecule has 0 saturated carbocycles. The summed E-state index contributed by atoms with van der Waals surface area (Å²) in [5.41, 5.74) is 1.78. The van der Waals surface area contributed by atoms with E-state index in [1.807, 2.05) is 18.2 Å². The van der Waals surface area contributed by atoms with Crippen molar-refractivity contribution in [3.05, 3.63) is 83.0 Å². The number of carbonyl (C=O) groups excluding carboxylic acids is 1. The van der Waals surface area contributed by atoms with Crippen LogP contribution in [0.15, 0.2) is 64.0 Å². The number of sulfonamides is 1. The number of aromatic nitrogens is 1. The molecule has 0 atom stereocenters. The second kappa shape index (κ2) is 11.6. The zero-order valence-corrected chi connectivity index (χ0v) is 21.0. The van der Waals surface area contributed by atoms with E-state index in [0.29, 0.717) is 24.9 Å². The molecule has 1 fully saturated rings. The summed E-state index contributed by atoms with van der Waals surface area (Å²) in [6.45, 7) is 2.60. The molecule has 190 valence electrons. The van der Waals surface area contributed by atoms with E-state index < -0.39 is 15.8 Å². The van der Waals surface area contributed by atoms with Crippen molar-refractivity contribution in [3.63, 3.8) is 0 Å². The fourth-order valence-corrected chi connectivity index (χ4v) is 6.07. The maximum Gasteiger partial charge on any atom is 0.248 e. The fourth-order valence-electron chi connectivity index (χ4n) is 4.36. The number of amides is 1. The third kappa shape index (κ3) is 6.09. The molecule has 0 radical (unpaired) electrons. The molecular weight excluding hydrogens is 481 g/mol. The maximum absolute atomic E-state index is 13.9. The smallest absolute Gasteiger partial charge is 0.248 e. The molecule has 0 spiro atoms. The van der Waals surface area contributed by atoms with Gasteiger partial charge >= 0.3 is 0 Å². The highest BCUT2D eigenvalue weighted by molar-refractivity contribution is 7.89. The predicted octanol–water partition coefficient (Wildman–Crippen LogP) is 4.44. The summed E-state index contributed by atoms with van der Waals surface area (Å²) in [5.74, 6) is -0.629. The van der Waals surface area contributed by atoms with Gasteiger partial charge in [-0.25, -0.2) is 12.8 Å². The van der Waals surface area contributed by atoms with Crippen molar-refractivity contribution < 1.29 is 22.1 Å². The molecule has 1 N–H and O–H groups in total. The van der Waals surface area contributed by atoms with Gasteiger partial charge in [-0.15, -0.1) is 0 Å². The number of nitrogens with one attached hydrogen (secondary N) is 1. The molecule has 1 amide bonds. The molecule has 1 saturated heterocycles. The number of rotatable bonds is 9. The normalized spacial score (nSPS) is 15.4. The first-order valence-electron chi connectivity index (χ1n) is 12.1. The lowest BCUT2D eigenvalue weighted by Gasteiger charge is -2.30. The number of hydrogen-bond acceptors (Lipinski definition) is 5. The molecule has 36 heavy (non-hydrogen) atoms. The molecule has 3 aromatic rings. The van der Waals surface area contributed by atoms with Crippen LogP contribution >= 0.6 is 0 Å². The van der Waals surface area contributed by atoms with Crippen molar-refractivity contribution in [2.24, 2.45) is 5.92 Å². The van der Waals surface area contributed by atoms with Crippen molar-refractivity contribution in [2.75, 3.05) is 19.6 Å². The minimum absolute atomic E-state index is 0.0288. The van der Waals surface area contributed by atoms with Gasteiger partial charge in [-0.05, 0) is 56.4 Å². The molecule has 1 aromatic heterocycles. The summed E-state index contributed by atoms with van der Waals surface area (Å²) < 4.78 is 47.4. The van der Waals surface area contributed by atoms with Crippen LogP contribution < -0.4 is 5.32 Å². The molecular formula is C27H30FN3O4S. The second-order valence-corrected chi connectivity index (χ2v) is 10.7. The van der Waals surface area contributed by atoms with Crippen LogP contribution in [0.1, 0.15) is 41.8 Å². The fraction of sp³-hybridized carbons (Fsp3) is 0.333. The van der Waals surface area contributed by atoms with Gasteiger partial charge in [0.2, 0.25) is 15.9 Å². The van der Waals surface area contributed by atoms with E-state index in [0.717, 1.165) is 12.8 Å². The lowest BCUT2D eigenvalue weighted by atomic mass is 9.97. The monoisotopic (exact) mass is 511 g/mol. The van der Waals surface area contributed by atoms with Crippen molar-refractivity contribution in [1.82, 2.24) is 14.8 Å². The Morgan fingerprint density at radius 3 is 2.53 bits per heavy atom. The minimum Gasteiger partial charge on any atom is -0.356 e. The van der Waals surface area contributed by atoms with E-state index in [9.17, 15) is 17.6 Å². The number of hydrogen-bond donors (Lipinski definition) is 1. The van der Waals surface area contributed by atoms with Crippen molar-refractivity contribution in [1.29, 1.82) is 0 Å². The maximum atomic E-state index is 13.9. The van der Waals surface area contributed by atoms with E-state index in [4.69, 9.17) is 4.52 Å². The largest absolute Gasteiger partial charge is 0.356 e. The third-order valence-electron chi connectivity index (χ3n) is 6.36. The molecule has 1 aliphatic rings. The van der Waals surface area contributed by atoms with E-state index >= 15 is 0 Å². The Labute approximate surface area is 211 Å².